The number of hydrogen-bond donors (Lipinski definition) is 0. The molecule has 0 aliphatic carbocycles. The highest BCUT2D eigenvalue weighted by Crippen LogP contribution is 2.45. The summed E-state index contributed by atoms with van der Waals surface area (Å²) in [5.41, 5.74) is 37.7. The third-order valence-corrected chi connectivity index (χ3v) is 26.7. The molecule has 6 aromatic heterocycles. The minimum absolute atomic E-state index is 0.688. The highest BCUT2D eigenvalue weighted by Gasteiger charge is 2.23. The summed E-state index contributed by atoms with van der Waals surface area (Å²) < 4.78 is 9.55. The highest BCUT2D eigenvalue weighted by molar-refractivity contribution is 6.15. The first kappa shape index (κ1) is 79.9. The molecule has 0 saturated carbocycles. The van der Waals surface area contributed by atoms with Crippen molar-refractivity contribution in [2.45, 2.75) is 0 Å². The summed E-state index contributed by atoms with van der Waals surface area (Å²) in [5, 5.41) is 9.83. The van der Waals surface area contributed by atoms with Crippen LogP contribution < -0.4 is 0 Å². The fraction of sp³-hybridized carbons (Fsp3) is 0. The smallest absolute Gasteiger partial charge is 0.160 e. The summed E-state index contributed by atoms with van der Waals surface area (Å²) in [7, 11) is 0. The van der Waals surface area contributed by atoms with Crippen molar-refractivity contribution in [1.82, 2.24) is 38.2 Å². The molecule has 0 atom stereocenters. The SMILES string of the molecule is c1ccc(-c2cc(-c3ccccc3)cc(-c3cc(-c4ccc(-n5c6ccccc6c6cc(-c7ccc8c(c7)c7ccccc7n8-c7ccccc7)ccc65)cc4)nc(-c4ccccc4)n3)c2)cc1.c1ccc(-c2ccc(-c3cccc(-n4c5ccccc5c5cc(-c6ccc7c(c6)c6ccccc6n7-c6ccc(-c7cc(-c8ccccc8)nc(-c8ccccc8)n7)cc6)ccc54)c3)cc2)cc1. The monoisotopic (exact) mass is 1730 g/mol. The van der Waals surface area contributed by atoms with Crippen LogP contribution in [0.25, 0.3) is 245 Å². The summed E-state index contributed by atoms with van der Waals surface area (Å²) in [4.78, 5) is 20.6. The maximum atomic E-state index is 5.25. The van der Waals surface area contributed by atoms with Gasteiger partial charge in [-0.15, -0.1) is 0 Å². The Kier molecular flexibility index (Phi) is 20.1. The Morgan fingerprint density at radius 1 is 0.110 bits per heavy atom. The molecule has 136 heavy (non-hydrogen) atoms. The van der Waals surface area contributed by atoms with Crippen LogP contribution in [0, 0.1) is 0 Å². The van der Waals surface area contributed by atoms with Crippen LogP contribution in [0.3, 0.4) is 0 Å². The molecule has 636 valence electrons. The van der Waals surface area contributed by atoms with Gasteiger partial charge in [-0.05, 0) is 218 Å². The maximum Gasteiger partial charge on any atom is 0.160 e. The summed E-state index contributed by atoms with van der Waals surface area (Å²) in [5.74, 6) is 1.40. The van der Waals surface area contributed by atoms with E-state index in [1.54, 1.807) is 0 Å². The van der Waals surface area contributed by atoms with Gasteiger partial charge < -0.3 is 18.3 Å². The molecule has 0 saturated heterocycles. The third kappa shape index (κ3) is 14.7. The second kappa shape index (κ2) is 34.2. The molecule has 6 heterocycles. The molecule has 0 spiro atoms. The Labute approximate surface area is 786 Å². The average Bonchev–Trinajstić information content (AvgIpc) is 1.78. The van der Waals surface area contributed by atoms with Gasteiger partial charge >= 0.3 is 0 Å². The van der Waals surface area contributed by atoms with Gasteiger partial charge in [0.1, 0.15) is 0 Å². The van der Waals surface area contributed by atoms with Gasteiger partial charge in [0.2, 0.25) is 0 Å². The van der Waals surface area contributed by atoms with E-state index in [2.05, 4.69) is 485 Å². The van der Waals surface area contributed by atoms with E-state index in [0.29, 0.717) is 11.6 Å². The summed E-state index contributed by atoms with van der Waals surface area (Å²) >= 11 is 0. The topological polar surface area (TPSA) is 71.3 Å². The van der Waals surface area contributed by atoms with Gasteiger partial charge in [0.05, 0.1) is 66.9 Å². The molecule has 0 fully saturated rings. The van der Waals surface area contributed by atoms with Crippen LogP contribution in [-0.2, 0) is 0 Å². The molecule has 26 rings (SSSR count). The van der Waals surface area contributed by atoms with Gasteiger partial charge in [0.15, 0.2) is 11.6 Å². The second-order valence-electron chi connectivity index (χ2n) is 34.8. The third-order valence-electron chi connectivity index (χ3n) is 26.7. The molecule has 0 N–H and O–H groups in total. The summed E-state index contributed by atoms with van der Waals surface area (Å²) in [6.45, 7) is 0. The van der Waals surface area contributed by atoms with Gasteiger partial charge in [0.25, 0.3) is 0 Å². The fourth-order valence-electron chi connectivity index (χ4n) is 20.1. The zero-order valence-corrected chi connectivity index (χ0v) is 74.1. The molecule has 26 aromatic rings. The second-order valence-corrected chi connectivity index (χ2v) is 34.8. The van der Waals surface area contributed by atoms with Crippen LogP contribution in [-0.4, -0.2) is 38.2 Å². The van der Waals surface area contributed by atoms with Crippen molar-refractivity contribution in [2.75, 3.05) is 0 Å². The molecular formula is C128H84N8. The van der Waals surface area contributed by atoms with Crippen molar-refractivity contribution in [3.8, 4) is 157 Å². The van der Waals surface area contributed by atoms with E-state index in [4.69, 9.17) is 19.9 Å². The first-order valence-corrected chi connectivity index (χ1v) is 46.3. The fourth-order valence-corrected chi connectivity index (χ4v) is 20.1. The molecule has 8 heteroatoms. The van der Waals surface area contributed by atoms with Crippen molar-refractivity contribution < 1.29 is 0 Å². The largest absolute Gasteiger partial charge is 0.309 e. The number of benzene rings is 20. The van der Waals surface area contributed by atoms with E-state index in [0.717, 1.165) is 118 Å². The number of aromatic nitrogens is 8. The Hall–Kier alpha value is -18.2. The van der Waals surface area contributed by atoms with E-state index in [9.17, 15) is 0 Å². The number of hydrogen-bond acceptors (Lipinski definition) is 4. The Morgan fingerprint density at radius 2 is 0.324 bits per heavy atom. The lowest BCUT2D eigenvalue weighted by Gasteiger charge is -2.14. The predicted molar refractivity (Wildman–Crippen MR) is 567 cm³/mol. The molecule has 0 radical (unpaired) electrons. The molecule has 8 nitrogen and oxygen atoms in total. The first-order chi connectivity index (χ1) is 67.4. The summed E-state index contributed by atoms with van der Waals surface area (Å²) in [6.07, 6.45) is 0. The van der Waals surface area contributed by atoms with E-state index >= 15 is 0 Å². The van der Waals surface area contributed by atoms with Crippen LogP contribution in [0.15, 0.2) is 510 Å². The highest BCUT2D eigenvalue weighted by atomic mass is 15.0. The molecule has 0 amide bonds. The lowest BCUT2D eigenvalue weighted by atomic mass is 9.94. The van der Waals surface area contributed by atoms with Gasteiger partial charge in [-0.25, -0.2) is 19.9 Å². The quantitative estimate of drug-likeness (QED) is 0.0966. The molecule has 0 aliphatic heterocycles. The normalized spacial score (nSPS) is 11.5. The zero-order valence-electron chi connectivity index (χ0n) is 74.1. The molecular weight excluding hydrogens is 1650 g/mol. The number of fused-ring (bicyclic) bond motifs is 12. The zero-order chi connectivity index (χ0) is 89.9. The lowest BCUT2D eigenvalue weighted by Crippen LogP contribution is -1.97. The number of para-hydroxylation sites is 5. The van der Waals surface area contributed by atoms with Gasteiger partial charge in [-0.1, -0.05) is 358 Å². The van der Waals surface area contributed by atoms with Crippen molar-refractivity contribution in [3.05, 3.63) is 510 Å². The summed E-state index contributed by atoms with van der Waals surface area (Å²) in [6, 6.07) is 182. The molecule has 0 unspecified atom stereocenters. The van der Waals surface area contributed by atoms with Crippen molar-refractivity contribution in [2.24, 2.45) is 0 Å². The van der Waals surface area contributed by atoms with Crippen LogP contribution in [0.4, 0.5) is 0 Å². The minimum Gasteiger partial charge on any atom is -0.309 e. The number of rotatable bonds is 16. The van der Waals surface area contributed by atoms with Crippen LogP contribution >= 0.6 is 0 Å². The van der Waals surface area contributed by atoms with Gasteiger partial charge in [-0.2, -0.15) is 0 Å². The predicted octanol–water partition coefficient (Wildman–Crippen LogP) is 33.3. The Morgan fingerprint density at radius 3 is 0.676 bits per heavy atom. The van der Waals surface area contributed by atoms with Crippen LogP contribution in [0.1, 0.15) is 0 Å². The van der Waals surface area contributed by atoms with Crippen molar-refractivity contribution in [1.29, 1.82) is 0 Å². The van der Waals surface area contributed by atoms with Gasteiger partial charge in [-0.3, -0.25) is 0 Å². The van der Waals surface area contributed by atoms with Crippen LogP contribution in [0.2, 0.25) is 0 Å². The van der Waals surface area contributed by atoms with E-state index < -0.39 is 0 Å². The van der Waals surface area contributed by atoms with Crippen LogP contribution in [0.5, 0.6) is 0 Å². The average molecular weight is 1730 g/mol. The van der Waals surface area contributed by atoms with E-state index in [1.807, 2.05) is 42.5 Å². The molecule has 0 bridgehead atoms. The Bertz CT molecular complexity index is 8910. The van der Waals surface area contributed by atoms with E-state index in [-0.39, 0.29) is 0 Å². The first-order valence-electron chi connectivity index (χ1n) is 46.3. The van der Waals surface area contributed by atoms with Gasteiger partial charge in [0, 0.05) is 99.2 Å². The standard InChI is InChI=1S/2C64H42N4/c1-5-17-43(18-6-1)49-37-50(44-19-7-2-8-20-44)39-51(38-49)59-42-58(65-64(66-59)46-21-9-3-10-22-46)45-29-33-53(34-30-45)68-61-28-16-14-26-55(61)57-41-48(32-36-63(57)68)47-31-35-62-56(40-47)54-25-13-15-27-60(54)67(62)52-23-11-4-12-24-52;1-4-15-43(16-5-1)44-27-29-45(30-28-44)49-21-14-22-53(39-49)68-61-26-13-11-24-55(61)57-41-51(34-38-63(57)68)50-33-37-62-56(40-50)54-23-10-12-25-60(54)67(62)52-35-31-47(32-36-52)59-42-58(46-17-6-2-7-18-46)65-64(66-59)48-19-8-3-9-20-48/h2*1-42H. The van der Waals surface area contributed by atoms with E-state index in [1.165, 1.54) is 115 Å². The molecule has 20 aromatic carbocycles. The lowest BCUT2D eigenvalue weighted by molar-refractivity contribution is 1.17. The minimum atomic E-state index is 0.688. The Balaban J connectivity index is 0.000000145. The number of nitrogens with zero attached hydrogens (tertiary/aromatic N) is 8. The maximum absolute atomic E-state index is 5.25. The molecule has 0 aliphatic rings. The van der Waals surface area contributed by atoms with Crippen molar-refractivity contribution in [3.63, 3.8) is 0 Å². The van der Waals surface area contributed by atoms with Crippen molar-refractivity contribution >= 4 is 87.2 Å².